The predicted octanol–water partition coefficient (Wildman–Crippen LogP) is 0.781. The molecule has 2 aromatic rings. The second kappa shape index (κ2) is 4.71. The average Bonchev–Trinajstić information content (AvgIpc) is 2.79. The highest BCUT2D eigenvalue weighted by Crippen LogP contribution is 2.08. The zero-order valence-corrected chi connectivity index (χ0v) is 9.00. The van der Waals surface area contributed by atoms with Gasteiger partial charge in [0.05, 0.1) is 0 Å². The summed E-state index contributed by atoms with van der Waals surface area (Å²) < 4.78 is 7.01. The largest absolute Gasteiger partial charge is 0.384 e. The third-order valence-corrected chi connectivity index (χ3v) is 1.98. The van der Waals surface area contributed by atoms with Gasteiger partial charge in [0.15, 0.2) is 5.82 Å². The van der Waals surface area contributed by atoms with Crippen LogP contribution in [0.5, 0.6) is 0 Å². The van der Waals surface area contributed by atoms with Crippen LogP contribution < -0.4 is 5.73 Å². The Balaban J connectivity index is 2.29. The van der Waals surface area contributed by atoms with Crippen molar-refractivity contribution in [1.82, 2.24) is 19.5 Å². The fourth-order valence-corrected chi connectivity index (χ4v) is 1.29. The lowest BCUT2D eigenvalue weighted by Gasteiger charge is -2.05. The van der Waals surface area contributed by atoms with Crippen LogP contribution in [0.2, 0.25) is 0 Å². The summed E-state index contributed by atoms with van der Waals surface area (Å²) in [5.41, 5.74) is 5.70. The standard InChI is InChI=1S/C10H13N5O/c1-2-16-6-9-13-8(11)5-10(14-9)15-4-3-12-7-15/h3-5,7H,2,6H2,1H3,(H2,11,13,14). The molecule has 0 saturated heterocycles. The molecule has 6 heteroatoms. The summed E-state index contributed by atoms with van der Waals surface area (Å²) in [6.07, 6.45) is 5.14. The van der Waals surface area contributed by atoms with Gasteiger partial charge >= 0.3 is 0 Å². The highest BCUT2D eigenvalue weighted by molar-refractivity contribution is 5.37. The van der Waals surface area contributed by atoms with Gasteiger partial charge in [-0.05, 0) is 6.92 Å². The minimum atomic E-state index is 0.364. The zero-order chi connectivity index (χ0) is 11.4. The summed E-state index contributed by atoms with van der Waals surface area (Å²) in [5.74, 6) is 1.69. The summed E-state index contributed by atoms with van der Waals surface area (Å²) in [5, 5.41) is 0. The molecule has 2 rings (SSSR count). The summed E-state index contributed by atoms with van der Waals surface area (Å²) in [7, 11) is 0. The van der Waals surface area contributed by atoms with E-state index in [0.717, 1.165) is 0 Å². The highest BCUT2D eigenvalue weighted by Gasteiger charge is 2.04. The van der Waals surface area contributed by atoms with Crippen molar-refractivity contribution in [1.29, 1.82) is 0 Å². The van der Waals surface area contributed by atoms with Crippen molar-refractivity contribution in [2.24, 2.45) is 0 Å². The number of hydrogen-bond acceptors (Lipinski definition) is 5. The first kappa shape index (κ1) is 10.6. The summed E-state index contributed by atoms with van der Waals surface area (Å²) >= 11 is 0. The molecule has 0 spiro atoms. The molecule has 0 radical (unpaired) electrons. The van der Waals surface area contributed by atoms with Crippen LogP contribution >= 0.6 is 0 Å². The van der Waals surface area contributed by atoms with E-state index in [2.05, 4.69) is 15.0 Å². The Morgan fingerprint density at radius 2 is 2.31 bits per heavy atom. The molecule has 0 fully saturated rings. The van der Waals surface area contributed by atoms with E-state index in [1.54, 1.807) is 29.4 Å². The van der Waals surface area contributed by atoms with Gasteiger partial charge in [-0.2, -0.15) is 0 Å². The zero-order valence-electron chi connectivity index (χ0n) is 9.00. The molecule has 0 saturated carbocycles. The third kappa shape index (κ3) is 2.34. The van der Waals surface area contributed by atoms with Gasteiger partial charge in [-0.1, -0.05) is 0 Å². The minimum Gasteiger partial charge on any atom is -0.384 e. The van der Waals surface area contributed by atoms with Gasteiger partial charge in [0, 0.05) is 25.1 Å². The molecule has 2 heterocycles. The lowest BCUT2D eigenvalue weighted by molar-refractivity contribution is 0.128. The van der Waals surface area contributed by atoms with E-state index < -0.39 is 0 Å². The van der Waals surface area contributed by atoms with E-state index in [9.17, 15) is 0 Å². The highest BCUT2D eigenvalue weighted by atomic mass is 16.5. The topological polar surface area (TPSA) is 78.9 Å². The first-order valence-corrected chi connectivity index (χ1v) is 4.99. The maximum atomic E-state index is 5.70. The molecule has 0 amide bonds. The van der Waals surface area contributed by atoms with Crippen LogP contribution in [0.25, 0.3) is 5.82 Å². The van der Waals surface area contributed by atoms with Gasteiger partial charge < -0.3 is 10.5 Å². The molecule has 0 bridgehead atoms. The van der Waals surface area contributed by atoms with Crippen LogP contribution in [0.1, 0.15) is 12.7 Å². The van der Waals surface area contributed by atoms with Gasteiger partial charge in [-0.15, -0.1) is 0 Å². The molecule has 84 valence electrons. The number of anilines is 1. The Hall–Kier alpha value is -1.95. The van der Waals surface area contributed by atoms with Crippen LogP contribution in [-0.4, -0.2) is 26.1 Å². The van der Waals surface area contributed by atoms with Crippen LogP contribution in [0.15, 0.2) is 24.8 Å². The molecule has 0 unspecified atom stereocenters. The van der Waals surface area contributed by atoms with Crippen molar-refractivity contribution in [3.05, 3.63) is 30.6 Å². The number of rotatable bonds is 4. The summed E-state index contributed by atoms with van der Waals surface area (Å²) in [6, 6.07) is 1.69. The van der Waals surface area contributed by atoms with E-state index in [1.807, 2.05) is 6.92 Å². The van der Waals surface area contributed by atoms with Crippen LogP contribution in [0, 0.1) is 0 Å². The minimum absolute atomic E-state index is 0.364. The van der Waals surface area contributed by atoms with Crippen molar-refractivity contribution >= 4 is 5.82 Å². The Bertz CT molecular complexity index is 454. The van der Waals surface area contributed by atoms with E-state index in [-0.39, 0.29) is 0 Å². The quantitative estimate of drug-likeness (QED) is 0.822. The molecule has 0 aliphatic carbocycles. The molecule has 0 atom stereocenters. The second-order valence-corrected chi connectivity index (χ2v) is 3.17. The molecule has 0 aromatic carbocycles. The van der Waals surface area contributed by atoms with Gasteiger partial charge in [0.2, 0.25) is 0 Å². The number of nitrogen functional groups attached to an aromatic ring is 1. The molecular formula is C10H13N5O. The van der Waals surface area contributed by atoms with Gasteiger partial charge in [-0.25, -0.2) is 15.0 Å². The molecular weight excluding hydrogens is 206 g/mol. The fraction of sp³-hybridized carbons (Fsp3) is 0.300. The molecule has 16 heavy (non-hydrogen) atoms. The first-order chi connectivity index (χ1) is 7.79. The van der Waals surface area contributed by atoms with Gasteiger partial charge in [0.25, 0.3) is 0 Å². The second-order valence-electron chi connectivity index (χ2n) is 3.17. The van der Waals surface area contributed by atoms with Crippen molar-refractivity contribution in [2.75, 3.05) is 12.3 Å². The van der Waals surface area contributed by atoms with E-state index in [1.165, 1.54) is 0 Å². The molecule has 0 aliphatic heterocycles. The first-order valence-electron chi connectivity index (χ1n) is 4.99. The van der Waals surface area contributed by atoms with E-state index >= 15 is 0 Å². The maximum absolute atomic E-state index is 5.70. The Morgan fingerprint density at radius 1 is 1.44 bits per heavy atom. The third-order valence-electron chi connectivity index (χ3n) is 1.98. The lowest BCUT2D eigenvalue weighted by Crippen LogP contribution is -2.06. The normalized spacial score (nSPS) is 10.6. The smallest absolute Gasteiger partial charge is 0.158 e. The fourth-order valence-electron chi connectivity index (χ4n) is 1.29. The van der Waals surface area contributed by atoms with Gasteiger partial charge in [0.1, 0.15) is 24.6 Å². The van der Waals surface area contributed by atoms with Crippen LogP contribution in [0.4, 0.5) is 5.82 Å². The van der Waals surface area contributed by atoms with Gasteiger partial charge in [-0.3, -0.25) is 4.57 Å². The van der Waals surface area contributed by atoms with Crippen LogP contribution in [0.3, 0.4) is 0 Å². The van der Waals surface area contributed by atoms with Crippen molar-refractivity contribution in [2.45, 2.75) is 13.5 Å². The number of hydrogen-bond donors (Lipinski definition) is 1. The number of nitrogens with zero attached hydrogens (tertiary/aromatic N) is 4. The van der Waals surface area contributed by atoms with Crippen molar-refractivity contribution < 1.29 is 4.74 Å². The van der Waals surface area contributed by atoms with Crippen molar-refractivity contribution in [3.63, 3.8) is 0 Å². The maximum Gasteiger partial charge on any atom is 0.158 e. The van der Waals surface area contributed by atoms with Crippen molar-refractivity contribution in [3.8, 4) is 5.82 Å². The predicted molar refractivity (Wildman–Crippen MR) is 58.9 cm³/mol. The average molecular weight is 219 g/mol. The summed E-state index contributed by atoms with van der Waals surface area (Å²) in [4.78, 5) is 12.4. The number of imidazole rings is 1. The Kier molecular flexibility index (Phi) is 3.11. The number of aromatic nitrogens is 4. The number of nitrogens with two attached hydrogens (primary N) is 1. The Morgan fingerprint density at radius 3 is 3.00 bits per heavy atom. The molecule has 6 nitrogen and oxygen atoms in total. The van der Waals surface area contributed by atoms with E-state index in [0.29, 0.717) is 30.7 Å². The van der Waals surface area contributed by atoms with E-state index in [4.69, 9.17) is 10.5 Å². The monoisotopic (exact) mass is 219 g/mol. The lowest BCUT2D eigenvalue weighted by atomic mass is 10.5. The summed E-state index contributed by atoms with van der Waals surface area (Å²) in [6.45, 7) is 2.91. The molecule has 2 N–H and O–H groups in total. The SMILES string of the molecule is CCOCc1nc(N)cc(-n2ccnc2)n1. The Labute approximate surface area is 93.1 Å². The number of ether oxygens (including phenoxy) is 1. The van der Waals surface area contributed by atoms with Crippen LogP contribution in [-0.2, 0) is 11.3 Å². The molecule has 0 aliphatic rings. The molecule has 2 aromatic heterocycles.